The predicted octanol–water partition coefficient (Wildman–Crippen LogP) is 5.96. The molecule has 0 saturated heterocycles. The Balaban J connectivity index is 1.44. The molecule has 1 saturated carbocycles. The van der Waals surface area contributed by atoms with Crippen molar-refractivity contribution < 1.29 is 4.39 Å². The number of nitrogens with zero attached hydrogens (tertiary/aromatic N) is 1. The van der Waals surface area contributed by atoms with E-state index in [2.05, 4.69) is 41.5 Å². The summed E-state index contributed by atoms with van der Waals surface area (Å²) >= 11 is 0. The van der Waals surface area contributed by atoms with Crippen LogP contribution in [-0.4, -0.2) is 11.0 Å². The zero-order chi connectivity index (χ0) is 18.6. The molecular formula is C24H25FN2. The Hall–Kier alpha value is -2.68. The zero-order valence-corrected chi connectivity index (χ0v) is 15.6. The van der Waals surface area contributed by atoms with E-state index in [1.165, 1.54) is 35.2 Å². The van der Waals surface area contributed by atoms with Gasteiger partial charge in [0.15, 0.2) is 0 Å². The lowest BCUT2D eigenvalue weighted by atomic mass is 9.93. The molecule has 4 rings (SSSR count). The van der Waals surface area contributed by atoms with Crippen molar-refractivity contribution in [2.75, 3.05) is 5.32 Å². The number of pyridine rings is 1. The van der Waals surface area contributed by atoms with Crippen LogP contribution in [0, 0.1) is 17.7 Å². The highest BCUT2D eigenvalue weighted by Crippen LogP contribution is 2.35. The summed E-state index contributed by atoms with van der Waals surface area (Å²) in [6.45, 7) is 2.33. The first kappa shape index (κ1) is 17.7. The minimum Gasteiger partial charge on any atom is -0.382 e. The third-order valence-electron chi connectivity index (χ3n) is 5.59. The number of halogens is 1. The van der Waals surface area contributed by atoms with Gasteiger partial charge in [0.05, 0.1) is 0 Å². The van der Waals surface area contributed by atoms with Crippen LogP contribution in [0.3, 0.4) is 0 Å². The molecule has 0 bridgehead atoms. The van der Waals surface area contributed by atoms with Crippen LogP contribution in [0.2, 0.25) is 0 Å². The largest absolute Gasteiger partial charge is 0.382 e. The summed E-state index contributed by atoms with van der Waals surface area (Å²) in [4.78, 5) is 4.08. The molecule has 0 amide bonds. The van der Waals surface area contributed by atoms with Crippen molar-refractivity contribution in [2.24, 2.45) is 11.8 Å². The van der Waals surface area contributed by atoms with E-state index in [0.717, 1.165) is 18.5 Å². The molecule has 3 unspecified atom stereocenters. The van der Waals surface area contributed by atoms with Crippen molar-refractivity contribution >= 4 is 5.69 Å². The Labute approximate surface area is 160 Å². The van der Waals surface area contributed by atoms with Crippen LogP contribution < -0.4 is 5.32 Å². The molecule has 1 fully saturated rings. The Morgan fingerprint density at radius 1 is 0.889 bits per heavy atom. The van der Waals surface area contributed by atoms with Crippen LogP contribution >= 0.6 is 0 Å². The van der Waals surface area contributed by atoms with Crippen molar-refractivity contribution in [2.45, 2.75) is 32.2 Å². The summed E-state index contributed by atoms with van der Waals surface area (Å²) < 4.78 is 13.2. The van der Waals surface area contributed by atoms with E-state index in [0.29, 0.717) is 17.9 Å². The van der Waals surface area contributed by atoms with E-state index in [-0.39, 0.29) is 5.82 Å². The molecule has 138 valence electrons. The van der Waals surface area contributed by atoms with E-state index >= 15 is 0 Å². The monoisotopic (exact) mass is 360 g/mol. The van der Waals surface area contributed by atoms with Gasteiger partial charge < -0.3 is 5.32 Å². The Bertz CT molecular complexity index is 859. The molecule has 2 nitrogen and oxygen atoms in total. The van der Waals surface area contributed by atoms with Gasteiger partial charge in [-0.3, -0.25) is 4.98 Å². The Morgan fingerprint density at radius 2 is 1.56 bits per heavy atom. The molecule has 1 N–H and O–H groups in total. The summed E-state index contributed by atoms with van der Waals surface area (Å²) in [5.41, 5.74) is 4.80. The molecule has 0 spiro atoms. The number of anilines is 1. The normalized spacial score (nSPS) is 21.9. The molecule has 1 heterocycles. The van der Waals surface area contributed by atoms with Gasteiger partial charge in [-0.25, -0.2) is 4.39 Å². The standard InChI is InChI=1S/C24H25FN2/c1-17-14-21(24(15-17)27-23-8-6-22(25)7-9-23)16-18-2-4-19(5-3-18)20-10-12-26-13-11-20/h2-13,17,21,24,27H,14-16H2,1H3. The lowest BCUT2D eigenvalue weighted by molar-refractivity contribution is 0.490. The third-order valence-corrected chi connectivity index (χ3v) is 5.59. The van der Waals surface area contributed by atoms with Gasteiger partial charge in [-0.05, 0) is 84.2 Å². The van der Waals surface area contributed by atoms with E-state index < -0.39 is 0 Å². The van der Waals surface area contributed by atoms with Gasteiger partial charge in [0.2, 0.25) is 0 Å². The van der Waals surface area contributed by atoms with Crippen molar-refractivity contribution in [1.29, 1.82) is 0 Å². The Kier molecular flexibility index (Phi) is 5.19. The highest BCUT2D eigenvalue weighted by molar-refractivity contribution is 5.62. The predicted molar refractivity (Wildman–Crippen MR) is 109 cm³/mol. The van der Waals surface area contributed by atoms with Gasteiger partial charge in [-0.15, -0.1) is 0 Å². The minimum absolute atomic E-state index is 0.189. The van der Waals surface area contributed by atoms with Crippen molar-refractivity contribution in [3.8, 4) is 11.1 Å². The van der Waals surface area contributed by atoms with Crippen molar-refractivity contribution in [1.82, 2.24) is 4.98 Å². The van der Waals surface area contributed by atoms with Crippen LogP contribution in [0.15, 0.2) is 73.1 Å². The molecular weight excluding hydrogens is 335 g/mol. The molecule has 2 aromatic carbocycles. The van der Waals surface area contributed by atoms with Gasteiger partial charge in [0, 0.05) is 24.1 Å². The van der Waals surface area contributed by atoms with Crippen LogP contribution in [-0.2, 0) is 6.42 Å². The summed E-state index contributed by atoms with van der Waals surface area (Å²) in [7, 11) is 0. The topological polar surface area (TPSA) is 24.9 Å². The van der Waals surface area contributed by atoms with E-state index in [9.17, 15) is 4.39 Å². The second kappa shape index (κ2) is 7.91. The van der Waals surface area contributed by atoms with Crippen LogP contribution in [0.25, 0.3) is 11.1 Å². The molecule has 27 heavy (non-hydrogen) atoms. The zero-order valence-electron chi connectivity index (χ0n) is 15.6. The highest BCUT2D eigenvalue weighted by Gasteiger charge is 2.31. The number of nitrogens with one attached hydrogen (secondary N) is 1. The number of hydrogen-bond acceptors (Lipinski definition) is 2. The Morgan fingerprint density at radius 3 is 2.26 bits per heavy atom. The molecule has 0 aliphatic heterocycles. The van der Waals surface area contributed by atoms with Gasteiger partial charge in [-0.2, -0.15) is 0 Å². The van der Waals surface area contributed by atoms with Crippen LogP contribution in [0.1, 0.15) is 25.3 Å². The maximum Gasteiger partial charge on any atom is 0.123 e. The average Bonchev–Trinajstić information content (AvgIpc) is 3.03. The number of rotatable bonds is 5. The van der Waals surface area contributed by atoms with Gasteiger partial charge >= 0.3 is 0 Å². The highest BCUT2D eigenvalue weighted by atomic mass is 19.1. The molecule has 1 aliphatic rings. The summed E-state index contributed by atoms with van der Waals surface area (Å²) in [5.74, 6) is 1.12. The van der Waals surface area contributed by atoms with Gasteiger partial charge in [0.25, 0.3) is 0 Å². The maximum absolute atomic E-state index is 13.2. The van der Waals surface area contributed by atoms with E-state index in [4.69, 9.17) is 0 Å². The molecule has 0 radical (unpaired) electrons. The molecule has 3 aromatic rings. The van der Waals surface area contributed by atoms with E-state index in [1.807, 2.05) is 36.7 Å². The van der Waals surface area contributed by atoms with Crippen molar-refractivity contribution in [3.63, 3.8) is 0 Å². The third kappa shape index (κ3) is 4.36. The van der Waals surface area contributed by atoms with E-state index in [1.54, 1.807) is 0 Å². The first-order valence-electron chi connectivity index (χ1n) is 9.69. The fraction of sp³-hybridized carbons (Fsp3) is 0.292. The first-order valence-corrected chi connectivity index (χ1v) is 9.69. The summed E-state index contributed by atoms with van der Waals surface area (Å²) in [6, 6.07) is 20.1. The lowest BCUT2D eigenvalue weighted by Gasteiger charge is -2.22. The number of benzene rings is 2. The quantitative estimate of drug-likeness (QED) is 0.607. The SMILES string of the molecule is CC1CC(Cc2ccc(-c3ccncc3)cc2)C(Nc2ccc(F)cc2)C1. The van der Waals surface area contributed by atoms with Crippen molar-refractivity contribution in [3.05, 3.63) is 84.4 Å². The minimum atomic E-state index is -0.189. The molecule has 3 heteroatoms. The number of hydrogen-bond donors (Lipinski definition) is 1. The average molecular weight is 360 g/mol. The fourth-order valence-corrected chi connectivity index (χ4v) is 4.25. The fourth-order valence-electron chi connectivity index (χ4n) is 4.25. The summed E-state index contributed by atoms with van der Waals surface area (Å²) in [6.07, 6.45) is 7.12. The molecule has 1 aliphatic carbocycles. The second-order valence-corrected chi connectivity index (χ2v) is 7.73. The maximum atomic E-state index is 13.2. The first-order chi connectivity index (χ1) is 13.2. The molecule has 1 aromatic heterocycles. The van der Waals surface area contributed by atoms with Gasteiger partial charge in [0.1, 0.15) is 5.82 Å². The second-order valence-electron chi connectivity index (χ2n) is 7.73. The van der Waals surface area contributed by atoms with Crippen LogP contribution in [0.5, 0.6) is 0 Å². The smallest absolute Gasteiger partial charge is 0.123 e. The number of aromatic nitrogens is 1. The molecule has 3 atom stereocenters. The van der Waals surface area contributed by atoms with Gasteiger partial charge in [-0.1, -0.05) is 31.2 Å². The summed E-state index contributed by atoms with van der Waals surface area (Å²) in [5, 5.41) is 3.63. The lowest BCUT2D eigenvalue weighted by Crippen LogP contribution is -2.25. The van der Waals surface area contributed by atoms with Crippen LogP contribution in [0.4, 0.5) is 10.1 Å².